The highest BCUT2D eigenvalue weighted by Crippen LogP contribution is 2.47. The number of ether oxygens (including phenoxy) is 3. The highest BCUT2D eigenvalue weighted by Gasteiger charge is 2.36. The van der Waals surface area contributed by atoms with Gasteiger partial charge in [0.05, 0.1) is 23.8 Å². The maximum Gasteiger partial charge on any atom is 0.353 e. The molecule has 1 atom stereocenters. The lowest BCUT2D eigenvalue weighted by Gasteiger charge is -2.25. The van der Waals surface area contributed by atoms with Gasteiger partial charge in [-0.15, -0.1) is 16.4 Å². The van der Waals surface area contributed by atoms with Gasteiger partial charge >= 0.3 is 5.97 Å². The first-order valence-corrected chi connectivity index (χ1v) is 12.6. The molecule has 2 aromatic carbocycles. The van der Waals surface area contributed by atoms with Gasteiger partial charge in [0, 0.05) is 10.0 Å². The summed E-state index contributed by atoms with van der Waals surface area (Å²) in [6.07, 6.45) is 0. The number of nitrogens with zero attached hydrogens (tertiary/aromatic N) is 2. The van der Waals surface area contributed by atoms with Crippen LogP contribution in [0.4, 0.5) is 0 Å². The number of nitrogens with one attached hydrogen (secondary N) is 1. The molecule has 4 aromatic rings. The number of carbonyl (C=O) groups excluding carboxylic acids is 1. The molecule has 0 bridgehead atoms. The van der Waals surface area contributed by atoms with E-state index in [0.29, 0.717) is 39.9 Å². The van der Waals surface area contributed by atoms with E-state index in [0.717, 1.165) is 10.0 Å². The summed E-state index contributed by atoms with van der Waals surface area (Å²) in [6.45, 7) is 2.19. The monoisotopic (exact) mass is 562 g/mol. The third-order valence-electron chi connectivity index (χ3n) is 5.60. The summed E-state index contributed by atoms with van der Waals surface area (Å²) >= 11 is 4.75. The number of fused-ring (bicyclic) bond motifs is 1. The standard InChI is InChI=1S/C26H19BrN4O4S/c1-2-33-19-12-15(7-10-18(19)34-26(32)20-4-3-11-36-20)21-17(13-28)24(29)35-25-22(21)23(30-31-25)14-5-8-16(27)9-6-14/h3-12,21H,2,29H2,1H3,(H,30,31). The van der Waals surface area contributed by atoms with Crippen molar-refractivity contribution in [3.63, 3.8) is 0 Å². The van der Waals surface area contributed by atoms with Gasteiger partial charge in [0.25, 0.3) is 0 Å². The number of H-pyrrole nitrogens is 1. The Labute approximate surface area is 219 Å². The fourth-order valence-electron chi connectivity index (χ4n) is 4.02. The number of hydrogen-bond acceptors (Lipinski definition) is 8. The predicted octanol–water partition coefficient (Wildman–Crippen LogP) is 5.74. The van der Waals surface area contributed by atoms with Crippen LogP contribution in [0.2, 0.25) is 0 Å². The minimum absolute atomic E-state index is 0.0185. The molecule has 0 saturated carbocycles. The first kappa shape index (κ1) is 23.7. The van der Waals surface area contributed by atoms with Gasteiger partial charge in [-0.25, -0.2) is 4.79 Å². The van der Waals surface area contributed by atoms with Gasteiger partial charge in [-0.2, -0.15) is 5.26 Å². The molecule has 0 spiro atoms. The molecule has 1 aliphatic rings. The predicted molar refractivity (Wildman–Crippen MR) is 138 cm³/mol. The number of thiophene rings is 1. The second-order valence-corrected chi connectivity index (χ2v) is 9.62. The summed E-state index contributed by atoms with van der Waals surface area (Å²) in [5.74, 6) is -0.131. The molecular formula is C26H19BrN4O4S. The molecular weight excluding hydrogens is 544 g/mol. The van der Waals surface area contributed by atoms with Crippen LogP contribution >= 0.6 is 27.3 Å². The zero-order valence-electron chi connectivity index (χ0n) is 18.9. The number of carbonyl (C=O) groups is 1. The van der Waals surface area contributed by atoms with Gasteiger partial charge in [0.15, 0.2) is 11.5 Å². The average Bonchev–Trinajstić information content (AvgIpc) is 3.55. The number of esters is 1. The van der Waals surface area contributed by atoms with E-state index < -0.39 is 11.9 Å². The number of rotatable bonds is 6. The molecule has 0 aliphatic carbocycles. The first-order chi connectivity index (χ1) is 17.5. The van der Waals surface area contributed by atoms with Crippen molar-refractivity contribution in [2.45, 2.75) is 12.8 Å². The van der Waals surface area contributed by atoms with E-state index in [1.165, 1.54) is 11.3 Å². The Bertz CT molecular complexity index is 1500. The second kappa shape index (κ2) is 9.89. The number of nitrogens with two attached hydrogens (primary N) is 1. The van der Waals surface area contributed by atoms with Crippen molar-refractivity contribution in [1.82, 2.24) is 10.2 Å². The Balaban J connectivity index is 1.60. The molecule has 1 unspecified atom stereocenters. The van der Waals surface area contributed by atoms with Crippen molar-refractivity contribution in [1.29, 1.82) is 5.26 Å². The van der Waals surface area contributed by atoms with Gasteiger partial charge in [0.1, 0.15) is 16.5 Å². The van der Waals surface area contributed by atoms with E-state index in [1.807, 2.05) is 31.2 Å². The zero-order chi connectivity index (χ0) is 25.2. The number of nitriles is 1. The van der Waals surface area contributed by atoms with Gasteiger partial charge in [0.2, 0.25) is 11.8 Å². The average molecular weight is 563 g/mol. The van der Waals surface area contributed by atoms with Crippen LogP contribution in [0.3, 0.4) is 0 Å². The normalized spacial score (nSPS) is 14.5. The minimum Gasteiger partial charge on any atom is -0.490 e. The van der Waals surface area contributed by atoms with Crippen LogP contribution in [-0.4, -0.2) is 22.8 Å². The van der Waals surface area contributed by atoms with E-state index in [9.17, 15) is 10.1 Å². The maximum absolute atomic E-state index is 12.5. The second-order valence-electron chi connectivity index (χ2n) is 7.76. The van der Waals surface area contributed by atoms with Gasteiger partial charge < -0.3 is 19.9 Å². The number of hydrogen-bond donors (Lipinski definition) is 2. The Morgan fingerprint density at radius 2 is 2.06 bits per heavy atom. The Hall–Kier alpha value is -4.07. The van der Waals surface area contributed by atoms with Crippen molar-refractivity contribution in [2.24, 2.45) is 5.73 Å². The summed E-state index contributed by atoms with van der Waals surface area (Å²) in [7, 11) is 0. The van der Waals surface area contributed by atoms with Crippen molar-refractivity contribution in [3.8, 4) is 34.7 Å². The molecule has 5 rings (SSSR count). The van der Waals surface area contributed by atoms with Gasteiger partial charge in [-0.05, 0) is 48.2 Å². The molecule has 3 N–H and O–H groups in total. The smallest absolute Gasteiger partial charge is 0.353 e. The van der Waals surface area contributed by atoms with E-state index in [-0.39, 0.29) is 17.2 Å². The van der Waals surface area contributed by atoms with Crippen LogP contribution in [0, 0.1) is 11.3 Å². The van der Waals surface area contributed by atoms with Crippen LogP contribution < -0.4 is 19.9 Å². The molecule has 10 heteroatoms. The minimum atomic E-state index is -0.586. The fourth-order valence-corrected chi connectivity index (χ4v) is 4.88. The van der Waals surface area contributed by atoms with Crippen molar-refractivity contribution >= 4 is 33.2 Å². The number of aromatic amines is 1. The SMILES string of the molecule is CCOc1cc(C2C(C#N)=C(N)Oc3n[nH]c(-c4ccc(Br)cc4)c32)ccc1OC(=O)c1cccs1. The molecule has 1 aliphatic heterocycles. The third kappa shape index (κ3) is 4.34. The summed E-state index contributed by atoms with van der Waals surface area (Å²) in [6, 6.07) is 18.6. The van der Waals surface area contributed by atoms with E-state index >= 15 is 0 Å². The zero-order valence-corrected chi connectivity index (χ0v) is 21.4. The van der Waals surface area contributed by atoms with Crippen LogP contribution in [0.5, 0.6) is 17.4 Å². The molecule has 8 nitrogen and oxygen atoms in total. The lowest BCUT2D eigenvalue weighted by Crippen LogP contribution is -2.21. The number of halogens is 1. The summed E-state index contributed by atoms with van der Waals surface area (Å²) in [5.41, 5.74) is 9.32. The summed E-state index contributed by atoms with van der Waals surface area (Å²) < 4.78 is 18.1. The summed E-state index contributed by atoms with van der Waals surface area (Å²) in [5, 5.41) is 19.1. The molecule has 36 heavy (non-hydrogen) atoms. The van der Waals surface area contributed by atoms with Crippen LogP contribution in [0.25, 0.3) is 11.3 Å². The quantitative estimate of drug-likeness (QED) is 0.227. The van der Waals surface area contributed by atoms with Gasteiger partial charge in [-0.1, -0.05) is 40.2 Å². The molecule has 0 amide bonds. The van der Waals surface area contributed by atoms with Crippen molar-refractivity contribution in [3.05, 3.63) is 91.9 Å². The number of benzene rings is 2. The van der Waals surface area contributed by atoms with Crippen LogP contribution in [0.15, 0.2) is 75.9 Å². The molecule has 180 valence electrons. The topological polar surface area (TPSA) is 123 Å². The highest BCUT2D eigenvalue weighted by atomic mass is 79.9. The molecule has 0 radical (unpaired) electrons. The van der Waals surface area contributed by atoms with Crippen molar-refractivity contribution < 1.29 is 19.0 Å². The Kier molecular flexibility index (Phi) is 6.50. The largest absolute Gasteiger partial charge is 0.490 e. The summed E-state index contributed by atoms with van der Waals surface area (Å²) in [4.78, 5) is 13.0. The Morgan fingerprint density at radius 1 is 1.25 bits per heavy atom. The van der Waals surface area contributed by atoms with E-state index in [4.69, 9.17) is 19.9 Å². The van der Waals surface area contributed by atoms with E-state index in [2.05, 4.69) is 32.2 Å². The number of aromatic nitrogens is 2. The first-order valence-electron chi connectivity index (χ1n) is 10.9. The maximum atomic E-state index is 12.5. The van der Waals surface area contributed by atoms with E-state index in [1.54, 1.807) is 35.7 Å². The highest BCUT2D eigenvalue weighted by molar-refractivity contribution is 9.10. The lowest BCUT2D eigenvalue weighted by atomic mass is 9.83. The third-order valence-corrected chi connectivity index (χ3v) is 6.98. The molecule has 0 fully saturated rings. The lowest BCUT2D eigenvalue weighted by molar-refractivity contribution is 0.0733. The van der Waals surface area contributed by atoms with Crippen LogP contribution in [0.1, 0.15) is 33.6 Å². The number of allylic oxidation sites excluding steroid dienone is 1. The van der Waals surface area contributed by atoms with Crippen molar-refractivity contribution in [2.75, 3.05) is 6.61 Å². The van der Waals surface area contributed by atoms with Crippen LogP contribution in [-0.2, 0) is 0 Å². The molecule has 3 heterocycles. The fraction of sp³-hybridized carbons (Fsp3) is 0.115. The Morgan fingerprint density at radius 3 is 2.75 bits per heavy atom. The molecule has 2 aromatic heterocycles. The molecule has 0 saturated heterocycles. The van der Waals surface area contributed by atoms with Gasteiger partial charge in [-0.3, -0.25) is 5.10 Å².